The van der Waals surface area contributed by atoms with Gasteiger partial charge in [-0.25, -0.2) is 4.39 Å². The molecule has 2 aromatic carbocycles. The van der Waals surface area contributed by atoms with Gasteiger partial charge >= 0.3 is 0 Å². The summed E-state index contributed by atoms with van der Waals surface area (Å²) in [7, 11) is 0. The molecule has 196 valence electrons. The van der Waals surface area contributed by atoms with Crippen molar-refractivity contribution in [1.82, 2.24) is 20.1 Å². The van der Waals surface area contributed by atoms with Crippen molar-refractivity contribution in [2.75, 3.05) is 19.7 Å². The van der Waals surface area contributed by atoms with E-state index in [-0.39, 0.29) is 30.5 Å². The number of carbonyl (C=O) groups excluding carboxylic acids is 3. The predicted octanol–water partition coefficient (Wildman–Crippen LogP) is 3.32. The first-order valence-corrected chi connectivity index (χ1v) is 12.6. The van der Waals surface area contributed by atoms with Crippen molar-refractivity contribution in [3.8, 4) is 0 Å². The SMILES string of the molecule is Cc1ccccc1C(=O)N1CCC2(CC1)OC[C@H](C(=O)NCc1ccccn1)N2C(=O)c1cccc(F)c1. The maximum atomic E-state index is 14.0. The van der Waals surface area contributed by atoms with Gasteiger partial charge in [-0.3, -0.25) is 24.3 Å². The van der Waals surface area contributed by atoms with E-state index in [1.165, 1.54) is 23.1 Å². The first kappa shape index (κ1) is 25.5. The number of hydrogen-bond acceptors (Lipinski definition) is 5. The van der Waals surface area contributed by atoms with Crippen molar-refractivity contribution >= 4 is 17.7 Å². The lowest BCUT2D eigenvalue weighted by Gasteiger charge is -2.44. The molecule has 1 atom stereocenters. The van der Waals surface area contributed by atoms with E-state index < -0.39 is 23.5 Å². The molecule has 2 aliphatic heterocycles. The molecule has 2 saturated heterocycles. The zero-order valence-electron chi connectivity index (χ0n) is 21.1. The Bertz CT molecular complexity index is 1340. The molecule has 9 heteroatoms. The maximum Gasteiger partial charge on any atom is 0.256 e. The topological polar surface area (TPSA) is 91.8 Å². The largest absolute Gasteiger partial charge is 0.353 e. The Morgan fingerprint density at radius 1 is 1.03 bits per heavy atom. The molecule has 3 heterocycles. The summed E-state index contributed by atoms with van der Waals surface area (Å²) in [5.74, 6) is -1.49. The van der Waals surface area contributed by atoms with E-state index in [0.29, 0.717) is 37.2 Å². The number of ether oxygens (including phenoxy) is 1. The van der Waals surface area contributed by atoms with Crippen LogP contribution in [0.15, 0.2) is 72.9 Å². The first-order valence-electron chi connectivity index (χ1n) is 12.6. The molecule has 0 aliphatic carbocycles. The fourth-order valence-electron chi connectivity index (χ4n) is 5.17. The van der Waals surface area contributed by atoms with Gasteiger partial charge in [0.05, 0.1) is 18.8 Å². The minimum Gasteiger partial charge on any atom is -0.353 e. The zero-order chi connectivity index (χ0) is 26.7. The van der Waals surface area contributed by atoms with Gasteiger partial charge in [0.1, 0.15) is 17.6 Å². The number of carbonyl (C=O) groups is 3. The van der Waals surface area contributed by atoms with Crippen LogP contribution < -0.4 is 5.32 Å². The van der Waals surface area contributed by atoms with Crippen LogP contribution in [0.2, 0.25) is 0 Å². The molecule has 0 unspecified atom stereocenters. The van der Waals surface area contributed by atoms with Crippen LogP contribution in [0.3, 0.4) is 0 Å². The second-order valence-corrected chi connectivity index (χ2v) is 9.60. The van der Waals surface area contributed by atoms with E-state index in [2.05, 4.69) is 10.3 Å². The third-order valence-electron chi connectivity index (χ3n) is 7.23. The number of pyridine rings is 1. The average Bonchev–Trinajstić information content (AvgIpc) is 3.30. The average molecular weight is 517 g/mol. The number of nitrogens with one attached hydrogen (secondary N) is 1. The summed E-state index contributed by atoms with van der Waals surface area (Å²) in [6.45, 7) is 2.79. The highest BCUT2D eigenvalue weighted by atomic mass is 19.1. The molecule has 0 bridgehead atoms. The van der Waals surface area contributed by atoms with Crippen molar-refractivity contribution in [3.63, 3.8) is 0 Å². The van der Waals surface area contributed by atoms with Gasteiger partial charge in [0.25, 0.3) is 11.8 Å². The number of likely N-dealkylation sites (tertiary alicyclic amines) is 1. The van der Waals surface area contributed by atoms with E-state index in [9.17, 15) is 18.8 Å². The third-order valence-corrected chi connectivity index (χ3v) is 7.23. The fraction of sp³-hybridized carbons (Fsp3) is 0.310. The Hall–Kier alpha value is -4.11. The molecule has 1 aromatic heterocycles. The fourth-order valence-corrected chi connectivity index (χ4v) is 5.17. The van der Waals surface area contributed by atoms with Crippen LogP contribution >= 0.6 is 0 Å². The lowest BCUT2D eigenvalue weighted by molar-refractivity contribution is -0.128. The van der Waals surface area contributed by atoms with Crippen molar-refractivity contribution < 1.29 is 23.5 Å². The van der Waals surface area contributed by atoms with Crippen molar-refractivity contribution in [3.05, 3.63) is 101 Å². The molecular weight excluding hydrogens is 487 g/mol. The second-order valence-electron chi connectivity index (χ2n) is 9.60. The van der Waals surface area contributed by atoms with Crippen LogP contribution in [-0.4, -0.2) is 64.0 Å². The summed E-state index contributed by atoms with van der Waals surface area (Å²) in [6.07, 6.45) is 2.30. The van der Waals surface area contributed by atoms with E-state index in [4.69, 9.17) is 4.74 Å². The minimum absolute atomic E-state index is 0.000840. The quantitative estimate of drug-likeness (QED) is 0.562. The third kappa shape index (κ3) is 5.02. The molecule has 0 radical (unpaired) electrons. The molecule has 5 rings (SSSR count). The molecule has 3 aromatic rings. The van der Waals surface area contributed by atoms with Crippen LogP contribution in [0.4, 0.5) is 4.39 Å². The number of nitrogens with zero attached hydrogens (tertiary/aromatic N) is 3. The summed E-state index contributed by atoms with van der Waals surface area (Å²) < 4.78 is 20.2. The van der Waals surface area contributed by atoms with Gasteiger partial charge in [0.2, 0.25) is 5.91 Å². The highest BCUT2D eigenvalue weighted by molar-refractivity contribution is 5.99. The second kappa shape index (κ2) is 10.7. The van der Waals surface area contributed by atoms with Gasteiger partial charge in [-0.05, 0) is 48.9 Å². The molecule has 3 amide bonds. The first-order chi connectivity index (χ1) is 18.4. The van der Waals surface area contributed by atoms with Crippen molar-refractivity contribution in [2.24, 2.45) is 0 Å². The smallest absolute Gasteiger partial charge is 0.256 e. The minimum atomic E-state index is -1.08. The Labute approximate surface area is 220 Å². The van der Waals surface area contributed by atoms with E-state index in [1.807, 2.05) is 31.2 Å². The number of piperidine rings is 1. The number of hydrogen-bond donors (Lipinski definition) is 1. The number of halogens is 1. The Balaban J connectivity index is 1.37. The Morgan fingerprint density at radius 2 is 1.79 bits per heavy atom. The van der Waals surface area contributed by atoms with E-state index in [0.717, 1.165) is 11.6 Å². The predicted molar refractivity (Wildman–Crippen MR) is 137 cm³/mol. The summed E-state index contributed by atoms with van der Waals surface area (Å²) in [6, 6.07) is 17.3. The number of benzene rings is 2. The van der Waals surface area contributed by atoms with Crippen LogP contribution in [0.5, 0.6) is 0 Å². The van der Waals surface area contributed by atoms with E-state index >= 15 is 0 Å². The molecule has 2 aliphatic rings. The Morgan fingerprint density at radius 3 is 2.50 bits per heavy atom. The number of aryl methyl sites for hydroxylation is 1. The van der Waals surface area contributed by atoms with Crippen molar-refractivity contribution in [1.29, 1.82) is 0 Å². The van der Waals surface area contributed by atoms with Gasteiger partial charge in [0, 0.05) is 43.3 Å². The zero-order valence-corrected chi connectivity index (χ0v) is 21.1. The standard InChI is InChI=1S/C29H29FN4O4/c1-20-7-2-3-11-24(20)28(37)33-15-12-29(13-16-33)34(27(36)21-8-6-9-22(30)17-21)25(19-38-29)26(35)32-18-23-10-4-5-14-31-23/h2-11,14,17,25H,12-13,15-16,18-19H2,1H3,(H,32,35)/t25-/m1/s1. The van der Waals surface area contributed by atoms with Gasteiger partial charge < -0.3 is 15.0 Å². The van der Waals surface area contributed by atoms with Crippen LogP contribution in [0.1, 0.15) is 44.8 Å². The summed E-state index contributed by atoms with van der Waals surface area (Å²) in [5, 5.41) is 2.85. The van der Waals surface area contributed by atoms with Gasteiger partial charge in [0.15, 0.2) is 0 Å². The summed E-state index contributed by atoms with van der Waals surface area (Å²) >= 11 is 0. The molecule has 1 spiro atoms. The lowest BCUT2D eigenvalue weighted by atomic mass is 9.95. The molecule has 38 heavy (non-hydrogen) atoms. The number of amides is 3. The number of aromatic nitrogens is 1. The maximum absolute atomic E-state index is 14.0. The lowest BCUT2D eigenvalue weighted by Crippen LogP contribution is -2.59. The van der Waals surface area contributed by atoms with Gasteiger partial charge in [-0.1, -0.05) is 30.3 Å². The summed E-state index contributed by atoms with van der Waals surface area (Å²) in [5.41, 5.74) is 1.26. The van der Waals surface area contributed by atoms with E-state index in [1.54, 1.807) is 29.3 Å². The monoisotopic (exact) mass is 516 g/mol. The molecule has 2 fully saturated rings. The van der Waals surface area contributed by atoms with Gasteiger partial charge in [-0.2, -0.15) is 0 Å². The normalized spacial score (nSPS) is 18.4. The van der Waals surface area contributed by atoms with Gasteiger partial charge in [-0.15, -0.1) is 0 Å². The highest BCUT2D eigenvalue weighted by Crippen LogP contribution is 2.39. The Kier molecular flexibility index (Phi) is 7.20. The van der Waals surface area contributed by atoms with Crippen LogP contribution in [0.25, 0.3) is 0 Å². The molecule has 1 N–H and O–H groups in total. The highest BCUT2D eigenvalue weighted by Gasteiger charge is 2.54. The van der Waals surface area contributed by atoms with Crippen LogP contribution in [0, 0.1) is 12.7 Å². The molecule has 0 saturated carbocycles. The molecule has 8 nitrogen and oxygen atoms in total. The van der Waals surface area contributed by atoms with Crippen molar-refractivity contribution in [2.45, 2.75) is 38.1 Å². The molecular formula is C29H29FN4O4. The van der Waals surface area contributed by atoms with Crippen LogP contribution in [-0.2, 0) is 16.1 Å². The number of rotatable bonds is 5. The summed E-state index contributed by atoms with van der Waals surface area (Å²) in [4.78, 5) is 47.7.